The quantitative estimate of drug-likeness (QED) is 0.659. The number of carbonyl (C=O) groups excluding carboxylic acids is 2. The van der Waals surface area contributed by atoms with Crippen molar-refractivity contribution < 1.29 is 14.3 Å². The van der Waals surface area contributed by atoms with Crippen LogP contribution in [-0.2, 0) is 14.3 Å². The molecular formula is C19H18N2O3S. The van der Waals surface area contributed by atoms with Crippen molar-refractivity contribution in [2.24, 2.45) is 17.8 Å². The van der Waals surface area contributed by atoms with Gasteiger partial charge in [-0.15, -0.1) is 11.3 Å². The highest BCUT2D eigenvalue weighted by atomic mass is 32.1. The lowest BCUT2D eigenvalue weighted by Crippen LogP contribution is -2.26. The molecule has 0 radical (unpaired) electrons. The Labute approximate surface area is 149 Å². The number of ether oxygens (including phenoxy) is 1. The molecule has 1 saturated carbocycles. The second-order valence-electron chi connectivity index (χ2n) is 6.45. The molecular weight excluding hydrogens is 336 g/mol. The van der Waals surface area contributed by atoms with E-state index >= 15 is 0 Å². The molecule has 1 aromatic carbocycles. The van der Waals surface area contributed by atoms with Crippen molar-refractivity contribution in [1.82, 2.24) is 4.98 Å². The van der Waals surface area contributed by atoms with Crippen molar-refractivity contribution in [3.8, 4) is 11.3 Å². The number of allylic oxidation sites excluding steroid dienone is 2. The SMILES string of the molecule is O=C(COC(=O)[C@@H]1C[C@H]2C=C[C@H]1C2)Nc1nc(-c2ccccc2)cs1. The van der Waals surface area contributed by atoms with E-state index in [4.69, 9.17) is 4.74 Å². The number of amides is 1. The maximum absolute atomic E-state index is 12.1. The van der Waals surface area contributed by atoms with Gasteiger partial charge in [0.15, 0.2) is 11.7 Å². The van der Waals surface area contributed by atoms with E-state index in [1.54, 1.807) is 0 Å². The first kappa shape index (κ1) is 16.0. The van der Waals surface area contributed by atoms with Crippen molar-refractivity contribution in [2.45, 2.75) is 12.8 Å². The molecule has 1 fully saturated rings. The number of thiazole rings is 1. The van der Waals surface area contributed by atoms with E-state index < -0.39 is 0 Å². The van der Waals surface area contributed by atoms with Crippen LogP contribution in [-0.4, -0.2) is 23.5 Å². The summed E-state index contributed by atoms with van der Waals surface area (Å²) < 4.78 is 5.20. The molecule has 0 aliphatic heterocycles. The Hall–Kier alpha value is -2.47. The summed E-state index contributed by atoms with van der Waals surface area (Å²) in [6, 6.07) is 9.76. The molecule has 0 unspecified atom stereocenters. The summed E-state index contributed by atoms with van der Waals surface area (Å²) in [6.45, 7) is -0.267. The average Bonchev–Trinajstić information content (AvgIpc) is 3.37. The Bertz CT molecular complexity index is 815. The molecule has 1 heterocycles. The van der Waals surface area contributed by atoms with Crippen molar-refractivity contribution >= 4 is 28.3 Å². The van der Waals surface area contributed by atoms with Gasteiger partial charge in [-0.3, -0.25) is 14.9 Å². The smallest absolute Gasteiger partial charge is 0.310 e. The molecule has 4 rings (SSSR count). The van der Waals surface area contributed by atoms with Gasteiger partial charge >= 0.3 is 5.97 Å². The molecule has 128 valence electrons. The van der Waals surface area contributed by atoms with Gasteiger partial charge in [-0.2, -0.15) is 0 Å². The van der Waals surface area contributed by atoms with Gasteiger partial charge in [-0.25, -0.2) is 4.98 Å². The third-order valence-electron chi connectivity index (χ3n) is 4.75. The minimum atomic E-state index is -0.360. The molecule has 2 aromatic rings. The number of hydrogen-bond acceptors (Lipinski definition) is 5. The summed E-state index contributed by atoms with van der Waals surface area (Å²) in [7, 11) is 0. The summed E-state index contributed by atoms with van der Waals surface area (Å²) in [4.78, 5) is 28.5. The minimum Gasteiger partial charge on any atom is -0.455 e. The monoisotopic (exact) mass is 354 g/mol. The van der Waals surface area contributed by atoms with Crippen LogP contribution in [0.4, 0.5) is 5.13 Å². The van der Waals surface area contributed by atoms with Gasteiger partial charge in [0.05, 0.1) is 11.6 Å². The van der Waals surface area contributed by atoms with Gasteiger partial charge in [-0.05, 0) is 24.7 Å². The van der Waals surface area contributed by atoms with Gasteiger partial charge in [0.25, 0.3) is 5.91 Å². The van der Waals surface area contributed by atoms with Crippen LogP contribution >= 0.6 is 11.3 Å². The molecule has 1 aromatic heterocycles. The van der Waals surface area contributed by atoms with E-state index in [-0.39, 0.29) is 30.3 Å². The molecule has 6 heteroatoms. The fourth-order valence-electron chi connectivity index (χ4n) is 3.52. The van der Waals surface area contributed by atoms with Crippen LogP contribution in [0.3, 0.4) is 0 Å². The van der Waals surface area contributed by atoms with E-state index in [9.17, 15) is 9.59 Å². The first-order valence-corrected chi connectivity index (χ1v) is 9.23. The van der Waals surface area contributed by atoms with Gasteiger partial charge < -0.3 is 4.74 Å². The average molecular weight is 354 g/mol. The predicted octanol–water partition coefficient (Wildman–Crippen LogP) is 3.50. The zero-order valence-electron chi connectivity index (χ0n) is 13.6. The number of anilines is 1. The van der Waals surface area contributed by atoms with Crippen LogP contribution in [0.2, 0.25) is 0 Å². The van der Waals surface area contributed by atoms with Crippen LogP contribution < -0.4 is 5.32 Å². The van der Waals surface area contributed by atoms with E-state index in [1.165, 1.54) is 11.3 Å². The van der Waals surface area contributed by atoms with Gasteiger partial charge in [0, 0.05) is 10.9 Å². The second-order valence-corrected chi connectivity index (χ2v) is 7.30. The van der Waals surface area contributed by atoms with Gasteiger partial charge in [0.2, 0.25) is 0 Å². The van der Waals surface area contributed by atoms with Crippen LogP contribution in [0.5, 0.6) is 0 Å². The summed E-state index contributed by atoms with van der Waals surface area (Å²) in [5, 5.41) is 5.08. The molecule has 0 saturated heterocycles. The maximum atomic E-state index is 12.1. The van der Waals surface area contributed by atoms with Crippen LogP contribution in [0.15, 0.2) is 47.9 Å². The van der Waals surface area contributed by atoms with Crippen LogP contribution in [0.25, 0.3) is 11.3 Å². The number of esters is 1. The van der Waals surface area contributed by atoms with Crippen LogP contribution in [0.1, 0.15) is 12.8 Å². The molecule has 5 nitrogen and oxygen atoms in total. The highest BCUT2D eigenvalue weighted by molar-refractivity contribution is 7.14. The Morgan fingerprint density at radius 2 is 2.04 bits per heavy atom. The maximum Gasteiger partial charge on any atom is 0.310 e. The molecule has 2 bridgehead atoms. The molecule has 2 aliphatic rings. The Morgan fingerprint density at radius 3 is 2.76 bits per heavy atom. The van der Waals surface area contributed by atoms with E-state index in [0.717, 1.165) is 24.1 Å². The van der Waals surface area contributed by atoms with E-state index in [0.29, 0.717) is 11.0 Å². The normalized spacial score (nSPS) is 23.6. The largest absolute Gasteiger partial charge is 0.455 e. The number of benzene rings is 1. The standard InChI is InChI=1S/C19H18N2O3S/c22-17(10-24-18(23)15-9-12-6-7-14(15)8-12)21-19-20-16(11-25-19)13-4-2-1-3-5-13/h1-7,11-12,14-15H,8-10H2,(H,20,21,22)/t12-,14-,15+/m0/s1. The zero-order chi connectivity index (χ0) is 17.2. The summed E-state index contributed by atoms with van der Waals surface area (Å²) in [6.07, 6.45) is 6.15. The number of fused-ring (bicyclic) bond motifs is 2. The molecule has 1 N–H and O–H groups in total. The van der Waals surface area contributed by atoms with Crippen molar-refractivity contribution in [2.75, 3.05) is 11.9 Å². The number of rotatable bonds is 5. The van der Waals surface area contributed by atoms with Crippen molar-refractivity contribution in [3.05, 3.63) is 47.9 Å². The molecule has 25 heavy (non-hydrogen) atoms. The van der Waals surface area contributed by atoms with Gasteiger partial charge in [-0.1, -0.05) is 42.5 Å². The zero-order valence-corrected chi connectivity index (χ0v) is 14.4. The fraction of sp³-hybridized carbons (Fsp3) is 0.316. The lowest BCUT2D eigenvalue weighted by molar-refractivity contribution is -0.152. The Kier molecular flexibility index (Phi) is 4.36. The Balaban J connectivity index is 1.29. The van der Waals surface area contributed by atoms with Crippen LogP contribution in [0, 0.1) is 17.8 Å². The molecule has 2 aliphatic carbocycles. The van der Waals surface area contributed by atoms with Gasteiger partial charge in [0.1, 0.15) is 0 Å². The summed E-state index contributed by atoms with van der Waals surface area (Å²) in [5.41, 5.74) is 1.81. The predicted molar refractivity (Wildman–Crippen MR) is 96.0 cm³/mol. The fourth-order valence-corrected chi connectivity index (χ4v) is 4.26. The lowest BCUT2D eigenvalue weighted by atomic mass is 9.94. The first-order chi connectivity index (χ1) is 12.2. The summed E-state index contributed by atoms with van der Waals surface area (Å²) in [5.74, 6) is 0.0699. The number of nitrogens with one attached hydrogen (secondary N) is 1. The third-order valence-corrected chi connectivity index (χ3v) is 5.50. The Morgan fingerprint density at radius 1 is 1.20 bits per heavy atom. The highest BCUT2D eigenvalue weighted by Crippen LogP contribution is 2.43. The second kappa shape index (κ2) is 6.80. The number of nitrogens with zero attached hydrogens (tertiary/aromatic N) is 1. The minimum absolute atomic E-state index is 0.0904. The number of carbonyl (C=O) groups is 2. The third kappa shape index (κ3) is 3.49. The molecule has 1 amide bonds. The van der Waals surface area contributed by atoms with E-state index in [1.807, 2.05) is 35.7 Å². The van der Waals surface area contributed by atoms with Crippen molar-refractivity contribution in [1.29, 1.82) is 0 Å². The highest BCUT2D eigenvalue weighted by Gasteiger charge is 2.40. The molecule has 0 spiro atoms. The first-order valence-electron chi connectivity index (χ1n) is 8.35. The van der Waals surface area contributed by atoms with E-state index in [2.05, 4.69) is 22.5 Å². The number of aromatic nitrogens is 1. The summed E-state index contributed by atoms with van der Waals surface area (Å²) >= 11 is 1.35. The number of hydrogen-bond donors (Lipinski definition) is 1. The topological polar surface area (TPSA) is 68.3 Å². The molecule has 3 atom stereocenters. The lowest BCUT2D eigenvalue weighted by Gasteiger charge is -2.16. The van der Waals surface area contributed by atoms with Crippen molar-refractivity contribution in [3.63, 3.8) is 0 Å².